The Morgan fingerprint density at radius 3 is 2.50 bits per heavy atom. The van der Waals surface area contributed by atoms with E-state index < -0.39 is 0 Å². The fourth-order valence-electron chi connectivity index (χ4n) is 5.50. The minimum Gasteiger partial charge on any atom is -0.295 e. The summed E-state index contributed by atoms with van der Waals surface area (Å²) in [6.07, 6.45) is 10.4. The molecule has 0 unspecified atom stereocenters. The van der Waals surface area contributed by atoms with Crippen LogP contribution in [0.2, 0.25) is 0 Å². The highest BCUT2D eigenvalue weighted by Crippen LogP contribution is 2.60. The number of thiazole rings is 1. The Bertz CT molecular complexity index is 589. The number of aliphatic imine (C=N–C) groups is 1. The third kappa shape index (κ3) is 2.60. The maximum Gasteiger partial charge on any atom is 0.133 e. The zero-order valence-corrected chi connectivity index (χ0v) is 14.0. The molecule has 4 heteroatoms. The van der Waals surface area contributed by atoms with Gasteiger partial charge in [-0.05, 0) is 68.6 Å². The largest absolute Gasteiger partial charge is 0.295 e. The first kappa shape index (κ1) is 14.4. The quantitative estimate of drug-likeness (QED) is 0.776. The molecule has 0 amide bonds. The van der Waals surface area contributed by atoms with E-state index in [0.29, 0.717) is 5.41 Å². The first-order valence-corrected chi connectivity index (χ1v) is 9.35. The van der Waals surface area contributed by atoms with Crippen molar-refractivity contribution in [2.75, 3.05) is 6.54 Å². The van der Waals surface area contributed by atoms with E-state index in [1.165, 1.54) is 38.5 Å². The van der Waals surface area contributed by atoms with Crippen molar-refractivity contribution in [2.45, 2.75) is 51.4 Å². The van der Waals surface area contributed by atoms with Crippen LogP contribution in [0.3, 0.4) is 0 Å². The average Bonchev–Trinajstić information content (AvgIpc) is 2.88. The second-order valence-electron chi connectivity index (χ2n) is 7.84. The molecular weight excluding hydrogens is 290 g/mol. The molecule has 3 nitrogen and oxygen atoms in total. The van der Waals surface area contributed by atoms with Crippen LogP contribution in [0.1, 0.15) is 55.1 Å². The van der Waals surface area contributed by atoms with Gasteiger partial charge in [0.1, 0.15) is 10.9 Å². The van der Waals surface area contributed by atoms with E-state index >= 15 is 0 Å². The molecule has 0 N–H and O–H groups in total. The van der Waals surface area contributed by atoms with Gasteiger partial charge < -0.3 is 0 Å². The average molecular weight is 313 g/mol. The lowest BCUT2D eigenvalue weighted by atomic mass is 9.49. The van der Waals surface area contributed by atoms with Crippen LogP contribution in [-0.4, -0.2) is 17.7 Å². The highest BCUT2D eigenvalue weighted by molar-refractivity contribution is 7.09. The molecule has 4 aliphatic rings. The van der Waals surface area contributed by atoms with E-state index in [2.05, 4.69) is 11.1 Å². The number of nitrogens with zero attached hydrogens (tertiary/aromatic N) is 3. The first-order chi connectivity index (χ1) is 10.7. The highest BCUT2D eigenvalue weighted by Gasteiger charge is 2.50. The molecule has 5 rings (SSSR count). The van der Waals surface area contributed by atoms with E-state index in [9.17, 15) is 5.26 Å². The molecule has 116 valence electrons. The van der Waals surface area contributed by atoms with Gasteiger partial charge in [0, 0.05) is 23.8 Å². The molecule has 4 fully saturated rings. The summed E-state index contributed by atoms with van der Waals surface area (Å²) in [5.41, 5.74) is 1.46. The molecule has 0 aliphatic heterocycles. The minimum atomic E-state index is -0.271. The first-order valence-electron chi connectivity index (χ1n) is 8.47. The summed E-state index contributed by atoms with van der Waals surface area (Å²) in [5.74, 6) is 2.63. The summed E-state index contributed by atoms with van der Waals surface area (Å²) in [4.78, 5) is 9.17. The second-order valence-corrected chi connectivity index (χ2v) is 8.73. The van der Waals surface area contributed by atoms with Gasteiger partial charge in [-0.2, -0.15) is 5.26 Å². The summed E-state index contributed by atoms with van der Waals surface area (Å²) < 4.78 is 0. The predicted molar refractivity (Wildman–Crippen MR) is 89.2 cm³/mol. The van der Waals surface area contributed by atoms with Crippen LogP contribution in [0.4, 0.5) is 0 Å². The second kappa shape index (κ2) is 5.45. The molecular formula is C18H23N3S. The van der Waals surface area contributed by atoms with E-state index in [1.54, 1.807) is 11.3 Å². The topological polar surface area (TPSA) is 49.0 Å². The molecule has 4 bridgehead atoms. The van der Waals surface area contributed by atoms with Crippen molar-refractivity contribution in [1.82, 2.24) is 4.98 Å². The van der Waals surface area contributed by atoms with Crippen molar-refractivity contribution >= 4 is 17.6 Å². The monoisotopic (exact) mass is 313 g/mol. The predicted octanol–water partition coefficient (Wildman–Crippen LogP) is 4.35. The molecule has 1 heterocycles. The zero-order chi connectivity index (χ0) is 15.2. The molecule has 0 radical (unpaired) electrons. The summed E-state index contributed by atoms with van der Waals surface area (Å²) in [7, 11) is 0. The Hall–Kier alpha value is -1.21. The maximum absolute atomic E-state index is 9.37. The third-order valence-electron chi connectivity index (χ3n) is 5.89. The molecule has 1 aromatic heterocycles. The Morgan fingerprint density at radius 2 is 2.00 bits per heavy atom. The summed E-state index contributed by atoms with van der Waals surface area (Å²) >= 11 is 1.57. The number of hydrogen-bond acceptors (Lipinski definition) is 4. The molecule has 0 spiro atoms. The fraction of sp³-hybridized carbons (Fsp3) is 0.722. The molecule has 1 atom stereocenters. The maximum atomic E-state index is 9.37. The third-order valence-corrected chi connectivity index (χ3v) is 6.93. The van der Waals surface area contributed by atoms with Gasteiger partial charge in [-0.15, -0.1) is 11.3 Å². The normalized spacial score (nSPS) is 37.5. The molecule has 4 saturated carbocycles. The van der Waals surface area contributed by atoms with Crippen molar-refractivity contribution < 1.29 is 0 Å². The van der Waals surface area contributed by atoms with E-state index in [4.69, 9.17) is 4.99 Å². The summed E-state index contributed by atoms with van der Waals surface area (Å²) in [6.45, 7) is 2.90. The summed E-state index contributed by atoms with van der Waals surface area (Å²) in [5, 5.41) is 12.3. The van der Waals surface area contributed by atoms with Gasteiger partial charge in [-0.3, -0.25) is 4.99 Å². The lowest BCUT2D eigenvalue weighted by molar-refractivity contribution is -0.0464. The number of hydrogen-bond donors (Lipinski definition) is 0. The van der Waals surface area contributed by atoms with Crippen LogP contribution >= 0.6 is 11.3 Å². The molecule has 0 aromatic carbocycles. The Labute approximate surface area is 136 Å². The lowest BCUT2D eigenvalue weighted by Gasteiger charge is -2.56. The summed E-state index contributed by atoms with van der Waals surface area (Å²) in [6, 6.07) is 2.34. The fourth-order valence-corrected chi connectivity index (χ4v) is 6.30. The van der Waals surface area contributed by atoms with E-state index in [-0.39, 0.29) is 5.92 Å². The van der Waals surface area contributed by atoms with Gasteiger partial charge in [0.25, 0.3) is 0 Å². The number of aromatic nitrogens is 1. The van der Waals surface area contributed by atoms with E-state index in [0.717, 1.165) is 35.0 Å². The van der Waals surface area contributed by atoms with E-state index in [1.807, 2.05) is 18.5 Å². The standard InChI is InChI=1S/C18H23N3S/c1-12-10-22-17(21-12)16(8-19)9-20-11-18-5-13-2-14(6-18)4-15(3-13)7-18/h9-10,13-16H,2-7,11H2,1H3/t13?,14?,15?,16-,18?/m0/s1. The minimum absolute atomic E-state index is 0.271. The Morgan fingerprint density at radius 1 is 1.36 bits per heavy atom. The van der Waals surface area contributed by atoms with Crippen LogP contribution < -0.4 is 0 Å². The smallest absolute Gasteiger partial charge is 0.133 e. The van der Waals surface area contributed by atoms with Crippen LogP contribution in [0.15, 0.2) is 10.4 Å². The number of nitriles is 1. The van der Waals surface area contributed by atoms with Crippen molar-refractivity contribution in [3.63, 3.8) is 0 Å². The Balaban J connectivity index is 1.44. The lowest BCUT2D eigenvalue weighted by Crippen LogP contribution is -2.47. The van der Waals surface area contributed by atoms with Gasteiger partial charge in [-0.25, -0.2) is 4.98 Å². The molecule has 0 saturated heterocycles. The highest BCUT2D eigenvalue weighted by atomic mass is 32.1. The van der Waals surface area contributed by atoms with Crippen molar-refractivity contribution in [3.8, 4) is 6.07 Å². The molecule has 4 aliphatic carbocycles. The van der Waals surface area contributed by atoms with Gasteiger partial charge in [-0.1, -0.05) is 0 Å². The molecule has 22 heavy (non-hydrogen) atoms. The van der Waals surface area contributed by atoms with Crippen molar-refractivity contribution in [2.24, 2.45) is 28.2 Å². The SMILES string of the molecule is Cc1csc([C@@H](C#N)C=NCC23CC4CC(CC(C4)C2)C3)n1. The zero-order valence-electron chi connectivity index (χ0n) is 13.2. The van der Waals surface area contributed by atoms with Gasteiger partial charge >= 0.3 is 0 Å². The van der Waals surface area contributed by atoms with Crippen LogP contribution in [0.25, 0.3) is 0 Å². The van der Waals surface area contributed by atoms with Gasteiger partial charge in [0.15, 0.2) is 0 Å². The molecule has 1 aromatic rings. The van der Waals surface area contributed by atoms with Gasteiger partial charge in [0.05, 0.1) is 6.07 Å². The van der Waals surface area contributed by atoms with Crippen molar-refractivity contribution in [1.29, 1.82) is 5.26 Å². The Kier molecular flexibility index (Phi) is 3.57. The van der Waals surface area contributed by atoms with Crippen LogP contribution in [0, 0.1) is 41.4 Å². The van der Waals surface area contributed by atoms with Gasteiger partial charge in [0.2, 0.25) is 0 Å². The number of rotatable bonds is 4. The van der Waals surface area contributed by atoms with Crippen LogP contribution in [-0.2, 0) is 0 Å². The van der Waals surface area contributed by atoms with Crippen LogP contribution in [0.5, 0.6) is 0 Å². The van der Waals surface area contributed by atoms with Crippen molar-refractivity contribution in [3.05, 3.63) is 16.1 Å². The number of aryl methyl sites for hydroxylation is 1.